The number of hydrogen-bond donors (Lipinski definition) is 3. The number of benzene rings is 2. The Labute approximate surface area is 154 Å². The fourth-order valence-electron chi connectivity index (χ4n) is 2.51. The molecule has 6 heteroatoms. The number of rotatable bonds is 7. The zero-order chi connectivity index (χ0) is 18.9. The van der Waals surface area contributed by atoms with Crippen LogP contribution in [0.1, 0.15) is 23.6 Å². The molecule has 140 valence electrons. The fourth-order valence-corrected chi connectivity index (χ4v) is 2.51. The minimum Gasteiger partial charge on any atom is -0.508 e. The lowest BCUT2D eigenvalue weighted by Crippen LogP contribution is -2.36. The number of hydrogen-bond acceptors (Lipinski definition) is 4. The zero-order valence-corrected chi connectivity index (χ0v) is 15.8. The van der Waals surface area contributed by atoms with Crippen molar-refractivity contribution in [2.45, 2.75) is 26.9 Å². The largest absolute Gasteiger partial charge is 0.508 e. The van der Waals surface area contributed by atoms with Gasteiger partial charge in [0.1, 0.15) is 17.2 Å². The summed E-state index contributed by atoms with van der Waals surface area (Å²) in [6.45, 7) is 5.65. The lowest BCUT2D eigenvalue weighted by atomic mass is 10.1. The molecule has 3 N–H and O–H groups in total. The van der Waals surface area contributed by atoms with E-state index in [1.807, 2.05) is 19.9 Å². The van der Waals surface area contributed by atoms with Gasteiger partial charge in [-0.3, -0.25) is 4.99 Å². The number of methoxy groups -OCH3 is 1. The highest BCUT2D eigenvalue weighted by Gasteiger charge is 2.07. The highest BCUT2D eigenvalue weighted by Crippen LogP contribution is 2.23. The second-order valence-corrected chi connectivity index (χ2v) is 5.82. The molecule has 2 rings (SSSR count). The molecule has 0 aliphatic rings. The van der Waals surface area contributed by atoms with E-state index in [0.717, 1.165) is 22.4 Å². The first-order valence-corrected chi connectivity index (χ1v) is 8.60. The minimum absolute atomic E-state index is 0.214. The maximum absolute atomic E-state index is 9.97. The number of phenolic OH excluding ortho intramolecular Hbond substituents is 1. The van der Waals surface area contributed by atoms with Crippen LogP contribution in [0.25, 0.3) is 0 Å². The van der Waals surface area contributed by atoms with Gasteiger partial charge < -0.3 is 25.2 Å². The Morgan fingerprint density at radius 3 is 2.46 bits per heavy atom. The van der Waals surface area contributed by atoms with Crippen LogP contribution in [0.4, 0.5) is 0 Å². The van der Waals surface area contributed by atoms with Gasteiger partial charge in [0.25, 0.3) is 0 Å². The highest BCUT2D eigenvalue weighted by atomic mass is 16.5. The van der Waals surface area contributed by atoms with Gasteiger partial charge in [-0.25, -0.2) is 0 Å². The monoisotopic (exact) mass is 357 g/mol. The summed E-state index contributed by atoms with van der Waals surface area (Å²) < 4.78 is 10.9. The molecule has 0 atom stereocenters. The molecule has 0 saturated heterocycles. The van der Waals surface area contributed by atoms with Crippen LogP contribution in [-0.2, 0) is 13.1 Å². The number of aliphatic imine (C=N–C) groups is 1. The standard InChI is InChI=1S/C20H27N3O3/c1-5-26-19-10-14(2)6-7-15(19)12-22-20(21-3)23-13-16-11-17(25-4)8-9-18(16)24/h6-11,24H,5,12-13H2,1-4H3,(H2,21,22,23). The van der Waals surface area contributed by atoms with E-state index in [2.05, 4.69) is 27.8 Å². The molecule has 0 amide bonds. The van der Waals surface area contributed by atoms with E-state index in [4.69, 9.17) is 9.47 Å². The number of ether oxygens (including phenoxy) is 2. The average Bonchev–Trinajstić information content (AvgIpc) is 2.64. The molecule has 0 aliphatic heterocycles. The second kappa shape index (κ2) is 9.56. The molecule has 0 aliphatic carbocycles. The molecule has 0 unspecified atom stereocenters. The molecule has 2 aromatic rings. The normalized spacial score (nSPS) is 11.2. The van der Waals surface area contributed by atoms with Crippen molar-refractivity contribution in [1.29, 1.82) is 0 Å². The van der Waals surface area contributed by atoms with Gasteiger partial charge in [0.05, 0.1) is 13.7 Å². The van der Waals surface area contributed by atoms with Crippen LogP contribution >= 0.6 is 0 Å². The van der Waals surface area contributed by atoms with E-state index < -0.39 is 0 Å². The van der Waals surface area contributed by atoms with Crippen molar-refractivity contribution >= 4 is 5.96 Å². The third-order valence-electron chi connectivity index (χ3n) is 3.93. The molecule has 2 aromatic carbocycles. The van der Waals surface area contributed by atoms with Crippen molar-refractivity contribution in [2.24, 2.45) is 4.99 Å². The van der Waals surface area contributed by atoms with Crippen LogP contribution in [0, 0.1) is 6.92 Å². The van der Waals surface area contributed by atoms with E-state index in [-0.39, 0.29) is 5.75 Å². The van der Waals surface area contributed by atoms with Gasteiger partial charge in [0.15, 0.2) is 5.96 Å². The first kappa shape index (κ1) is 19.4. The topological polar surface area (TPSA) is 75.1 Å². The van der Waals surface area contributed by atoms with Gasteiger partial charge in [-0.1, -0.05) is 12.1 Å². The maximum Gasteiger partial charge on any atom is 0.191 e. The van der Waals surface area contributed by atoms with Crippen molar-refractivity contribution in [3.63, 3.8) is 0 Å². The van der Waals surface area contributed by atoms with Crippen LogP contribution in [-0.4, -0.2) is 31.8 Å². The summed E-state index contributed by atoms with van der Waals surface area (Å²) in [5.74, 6) is 2.42. The zero-order valence-electron chi connectivity index (χ0n) is 15.8. The first-order valence-electron chi connectivity index (χ1n) is 8.60. The Balaban J connectivity index is 1.99. The molecule has 0 heterocycles. The molecule has 0 saturated carbocycles. The van der Waals surface area contributed by atoms with E-state index >= 15 is 0 Å². The Kier molecular flexibility index (Phi) is 7.14. The molecule has 0 bridgehead atoms. The van der Waals surface area contributed by atoms with Crippen molar-refractivity contribution in [3.05, 3.63) is 53.1 Å². The summed E-state index contributed by atoms with van der Waals surface area (Å²) in [7, 11) is 3.31. The fraction of sp³-hybridized carbons (Fsp3) is 0.350. The van der Waals surface area contributed by atoms with E-state index in [1.54, 1.807) is 32.4 Å². The average molecular weight is 357 g/mol. The Hall–Kier alpha value is -2.89. The van der Waals surface area contributed by atoms with E-state index in [1.165, 1.54) is 0 Å². The summed E-state index contributed by atoms with van der Waals surface area (Å²) in [5, 5.41) is 16.4. The summed E-state index contributed by atoms with van der Waals surface area (Å²) in [6.07, 6.45) is 0. The van der Waals surface area contributed by atoms with Gasteiger partial charge in [0.2, 0.25) is 0 Å². The van der Waals surface area contributed by atoms with Gasteiger partial charge in [-0.05, 0) is 43.7 Å². The molecule has 0 aromatic heterocycles. The summed E-state index contributed by atoms with van der Waals surface area (Å²) in [6, 6.07) is 11.3. The molecular weight excluding hydrogens is 330 g/mol. The second-order valence-electron chi connectivity index (χ2n) is 5.82. The smallest absolute Gasteiger partial charge is 0.191 e. The third kappa shape index (κ3) is 5.31. The van der Waals surface area contributed by atoms with Crippen molar-refractivity contribution in [1.82, 2.24) is 10.6 Å². The quantitative estimate of drug-likeness (QED) is 0.525. The number of nitrogens with one attached hydrogen (secondary N) is 2. The molecule has 0 spiro atoms. The highest BCUT2D eigenvalue weighted by molar-refractivity contribution is 5.79. The van der Waals surface area contributed by atoms with Crippen LogP contribution in [0.15, 0.2) is 41.4 Å². The van der Waals surface area contributed by atoms with Crippen LogP contribution < -0.4 is 20.1 Å². The number of guanidine groups is 1. The third-order valence-corrected chi connectivity index (χ3v) is 3.93. The van der Waals surface area contributed by atoms with Crippen LogP contribution in [0.5, 0.6) is 17.2 Å². The lowest BCUT2D eigenvalue weighted by Gasteiger charge is -2.15. The molecule has 6 nitrogen and oxygen atoms in total. The lowest BCUT2D eigenvalue weighted by molar-refractivity contribution is 0.336. The van der Waals surface area contributed by atoms with Crippen molar-refractivity contribution < 1.29 is 14.6 Å². The predicted molar refractivity (Wildman–Crippen MR) is 104 cm³/mol. The number of aromatic hydroxyl groups is 1. The van der Waals surface area contributed by atoms with Gasteiger partial charge in [-0.2, -0.15) is 0 Å². The summed E-state index contributed by atoms with van der Waals surface area (Å²) >= 11 is 0. The Morgan fingerprint density at radius 2 is 1.81 bits per heavy atom. The summed E-state index contributed by atoms with van der Waals surface area (Å²) in [4.78, 5) is 4.22. The SMILES string of the molecule is CCOc1cc(C)ccc1CNC(=NC)NCc1cc(OC)ccc1O. The van der Waals surface area contributed by atoms with Gasteiger partial charge >= 0.3 is 0 Å². The van der Waals surface area contributed by atoms with Crippen LogP contribution in [0.3, 0.4) is 0 Å². The first-order chi connectivity index (χ1) is 12.6. The molecule has 0 fully saturated rings. The van der Waals surface area contributed by atoms with Crippen LogP contribution in [0.2, 0.25) is 0 Å². The van der Waals surface area contributed by atoms with E-state index in [9.17, 15) is 5.11 Å². The van der Waals surface area contributed by atoms with E-state index in [0.29, 0.717) is 31.4 Å². The Morgan fingerprint density at radius 1 is 1.08 bits per heavy atom. The molecule has 0 radical (unpaired) electrons. The summed E-state index contributed by atoms with van der Waals surface area (Å²) in [5.41, 5.74) is 2.95. The number of phenols is 1. The Bertz CT molecular complexity index is 760. The van der Waals surface area contributed by atoms with Gasteiger partial charge in [-0.15, -0.1) is 0 Å². The van der Waals surface area contributed by atoms with Crippen molar-refractivity contribution in [2.75, 3.05) is 20.8 Å². The number of nitrogens with zero attached hydrogens (tertiary/aromatic N) is 1. The predicted octanol–water partition coefficient (Wildman–Crippen LogP) is 2.97. The maximum atomic E-state index is 9.97. The molecular formula is C20H27N3O3. The minimum atomic E-state index is 0.214. The van der Waals surface area contributed by atoms with Crippen molar-refractivity contribution in [3.8, 4) is 17.2 Å². The van der Waals surface area contributed by atoms with Gasteiger partial charge in [0, 0.05) is 31.3 Å². The number of aryl methyl sites for hydroxylation is 1. The molecule has 26 heavy (non-hydrogen) atoms.